The first-order chi connectivity index (χ1) is 11.3. The van der Waals surface area contributed by atoms with E-state index in [0.717, 1.165) is 22.6 Å². The summed E-state index contributed by atoms with van der Waals surface area (Å²) in [4.78, 5) is 4.34. The van der Waals surface area contributed by atoms with Crippen molar-refractivity contribution in [3.05, 3.63) is 78.5 Å². The van der Waals surface area contributed by atoms with Crippen LogP contribution in [0.25, 0.3) is 22.3 Å². The van der Waals surface area contributed by atoms with Gasteiger partial charge in [0.05, 0.1) is 23.2 Å². The van der Waals surface area contributed by atoms with Crippen molar-refractivity contribution >= 4 is 10.9 Å². The van der Waals surface area contributed by atoms with E-state index >= 15 is 0 Å². The van der Waals surface area contributed by atoms with E-state index in [0.29, 0.717) is 6.54 Å². The minimum atomic E-state index is 0.562. The summed E-state index contributed by atoms with van der Waals surface area (Å²) in [5, 5.41) is 1.20. The molecule has 23 heavy (non-hydrogen) atoms. The third kappa shape index (κ3) is 2.33. The summed E-state index contributed by atoms with van der Waals surface area (Å²) in [5.41, 5.74) is 11.3. The monoisotopic (exact) mass is 302 g/mol. The summed E-state index contributed by atoms with van der Waals surface area (Å²) in [7, 11) is 0. The molecule has 0 saturated carbocycles. The minimum Gasteiger partial charge on any atom is -0.326 e. The van der Waals surface area contributed by atoms with Crippen molar-refractivity contribution in [2.24, 2.45) is 5.73 Å². The van der Waals surface area contributed by atoms with Crippen molar-refractivity contribution in [3.63, 3.8) is 0 Å². The Hall–Kier alpha value is -2.85. The van der Waals surface area contributed by atoms with E-state index < -0.39 is 0 Å². The van der Waals surface area contributed by atoms with Crippen LogP contribution in [0.5, 0.6) is 0 Å². The fourth-order valence-corrected chi connectivity index (χ4v) is 2.93. The number of imidazole rings is 1. The Kier molecular flexibility index (Phi) is 3.24. The maximum atomic E-state index is 5.69. The molecule has 0 atom stereocenters. The first kappa shape index (κ1) is 13.8. The molecule has 114 valence electrons. The quantitative estimate of drug-likeness (QED) is 0.629. The number of hydrogen-bond donors (Lipinski definition) is 1. The summed E-state index contributed by atoms with van der Waals surface area (Å²) in [6.07, 6.45) is 6.06. The van der Waals surface area contributed by atoms with Crippen LogP contribution in [0.1, 0.15) is 11.3 Å². The van der Waals surface area contributed by atoms with E-state index in [2.05, 4.69) is 68.8 Å². The molecule has 0 spiro atoms. The van der Waals surface area contributed by atoms with Gasteiger partial charge in [-0.1, -0.05) is 30.3 Å². The summed E-state index contributed by atoms with van der Waals surface area (Å²) in [6, 6.07) is 16.8. The summed E-state index contributed by atoms with van der Waals surface area (Å²) >= 11 is 0. The van der Waals surface area contributed by atoms with E-state index in [4.69, 9.17) is 5.73 Å². The van der Waals surface area contributed by atoms with Crippen LogP contribution in [0.15, 0.2) is 67.3 Å². The number of rotatable bonds is 3. The van der Waals surface area contributed by atoms with Crippen LogP contribution in [0.4, 0.5) is 0 Å². The lowest BCUT2D eigenvalue weighted by Crippen LogP contribution is -1.97. The highest BCUT2D eigenvalue weighted by Gasteiger charge is 2.11. The van der Waals surface area contributed by atoms with Gasteiger partial charge in [-0.3, -0.25) is 0 Å². The van der Waals surface area contributed by atoms with Crippen molar-refractivity contribution in [2.45, 2.75) is 13.5 Å². The number of nitrogens with two attached hydrogens (primary N) is 1. The second-order valence-electron chi connectivity index (χ2n) is 5.69. The van der Waals surface area contributed by atoms with Gasteiger partial charge < -0.3 is 14.9 Å². The number of nitrogens with zero attached hydrogens (tertiary/aromatic N) is 3. The van der Waals surface area contributed by atoms with Gasteiger partial charge in [0, 0.05) is 30.0 Å². The predicted molar refractivity (Wildman–Crippen MR) is 93.0 cm³/mol. The Bertz CT molecular complexity index is 961. The van der Waals surface area contributed by atoms with Gasteiger partial charge in [-0.15, -0.1) is 0 Å². The highest BCUT2D eigenvalue weighted by atomic mass is 15.1. The van der Waals surface area contributed by atoms with Crippen molar-refractivity contribution in [1.82, 2.24) is 14.1 Å². The van der Waals surface area contributed by atoms with Gasteiger partial charge >= 0.3 is 0 Å². The number of benzene rings is 2. The lowest BCUT2D eigenvalue weighted by atomic mass is 10.2. The molecule has 0 fully saturated rings. The van der Waals surface area contributed by atoms with E-state index in [1.54, 1.807) is 0 Å². The van der Waals surface area contributed by atoms with Crippen molar-refractivity contribution in [2.75, 3.05) is 0 Å². The molecule has 0 aliphatic carbocycles. The van der Waals surface area contributed by atoms with E-state index in [1.807, 2.05) is 19.4 Å². The third-order valence-corrected chi connectivity index (χ3v) is 4.13. The SMILES string of the molecule is Cc1cn(-c2cn(-c3ccc(CN)cc3)c3ccccc23)cn1. The van der Waals surface area contributed by atoms with Crippen LogP contribution in [0.2, 0.25) is 0 Å². The fraction of sp³-hybridized carbons (Fsp3) is 0.105. The van der Waals surface area contributed by atoms with Gasteiger partial charge in [-0.05, 0) is 30.7 Å². The lowest BCUT2D eigenvalue weighted by molar-refractivity contribution is 1.03. The average molecular weight is 302 g/mol. The van der Waals surface area contributed by atoms with Gasteiger partial charge in [-0.25, -0.2) is 4.98 Å². The molecule has 4 nitrogen and oxygen atoms in total. The highest BCUT2D eigenvalue weighted by Crippen LogP contribution is 2.27. The van der Waals surface area contributed by atoms with E-state index in [1.165, 1.54) is 10.9 Å². The zero-order valence-electron chi connectivity index (χ0n) is 13.0. The maximum absolute atomic E-state index is 5.69. The third-order valence-electron chi connectivity index (χ3n) is 4.13. The Morgan fingerprint density at radius 2 is 1.78 bits per heavy atom. The zero-order valence-corrected chi connectivity index (χ0v) is 13.0. The largest absolute Gasteiger partial charge is 0.326 e. The van der Waals surface area contributed by atoms with Gasteiger partial charge in [0.15, 0.2) is 0 Å². The van der Waals surface area contributed by atoms with Gasteiger partial charge in [-0.2, -0.15) is 0 Å². The molecule has 0 radical (unpaired) electrons. The number of fused-ring (bicyclic) bond motifs is 1. The highest BCUT2D eigenvalue weighted by molar-refractivity contribution is 5.90. The number of aryl methyl sites for hydroxylation is 1. The van der Waals surface area contributed by atoms with Gasteiger partial charge in [0.25, 0.3) is 0 Å². The zero-order chi connectivity index (χ0) is 15.8. The van der Waals surface area contributed by atoms with Crippen molar-refractivity contribution < 1.29 is 0 Å². The lowest BCUT2D eigenvalue weighted by Gasteiger charge is -2.06. The van der Waals surface area contributed by atoms with Crippen LogP contribution in [0.3, 0.4) is 0 Å². The van der Waals surface area contributed by atoms with Gasteiger partial charge in [0.1, 0.15) is 0 Å². The predicted octanol–water partition coefficient (Wildman–Crippen LogP) is 3.58. The molecule has 0 aliphatic heterocycles. The van der Waals surface area contributed by atoms with E-state index in [-0.39, 0.29) is 0 Å². The molecular weight excluding hydrogens is 284 g/mol. The van der Waals surface area contributed by atoms with Crippen LogP contribution >= 0.6 is 0 Å². The Morgan fingerprint density at radius 1 is 1.00 bits per heavy atom. The summed E-state index contributed by atoms with van der Waals surface area (Å²) in [6.45, 7) is 2.56. The Labute approximate surface area is 134 Å². The van der Waals surface area contributed by atoms with Crippen LogP contribution < -0.4 is 5.73 Å². The van der Waals surface area contributed by atoms with Crippen molar-refractivity contribution in [1.29, 1.82) is 0 Å². The maximum Gasteiger partial charge on any atom is 0.0995 e. The standard InChI is InChI=1S/C19H18N4/c1-14-11-22(13-21-14)19-12-23(18-5-3-2-4-17(18)19)16-8-6-15(10-20)7-9-16/h2-9,11-13H,10,20H2,1H3. The van der Waals surface area contributed by atoms with Crippen molar-refractivity contribution in [3.8, 4) is 11.4 Å². The molecule has 0 saturated heterocycles. The van der Waals surface area contributed by atoms with Gasteiger partial charge in [0.2, 0.25) is 0 Å². The topological polar surface area (TPSA) is 48.8 Å². The first-order valence-corrected chi connectivity index (χ1v) is 7.67. The Balaban J connectivity index is 1.93. The molecule has 0 aliphatic rings. The minimum absolute atomic E-state index is 0.562. The normalized spacial score (nSPS) is 11.2. The molecule has 4 rings (SSSR count). The number of aromatic nitrogens is 3. The number of hydrogen-bond acceptors (Lipinski definition) is 2. The molecule has 2 aromatic heterocycles. The first-order valence-electron chi connectivity index (χ1n) is 7.67. The number of para-hydroxylation sites is 1. The van der Waals surface area contributed by atoms with Crippen LogP contribution in [-0.4, -0.2) is 14.1 Å². The van der Waals surface area contributed by atoms with E-state index in [9.17, 15) is 0 Å². The van der Waals surface area contributed by atoms with Crippen LogP contribution in [0, 0.1) is 6.92 Å². The molecule has 4 heteroatoms. The molecule has 2 heterocycles. The second kappa shape index (κ2) is 5.41. The average Bonchev–Trinajstić information content (AvgIpc) is 3.19. The Morgan fingerprint density at radius 3 is 2.48 bits per heavy atom. The molecule has 0 bridgehead atoms. The second-order valence-corrected chi connectivity index (χ2v) is 5.69. The fourth-order valence-electron chi connectivity index (χ4n) is 2.93. The molecule has 2 N–H and O–H groups in total. The molecule has 0 amide bonds. The molecule has 2 aromatic carbocycles. The summed E-state index contributed by atoms with van der Waals surface area (Å²) in [5.74, 6) is 0. The van der Waals surface area contributed by atoms with Crippen LogP contribution in [-0.2, 0) is 6.54 Å². The summed E-state index contributed by atoms with van der Waals surface area (Å²) < 4.78 is 4.28. The molecule has 0 unspecified atom stereocenters. The molecular formula is C19H18N4. The molecule has 4 aromatic rings. The smallest absolute Gasteiger partial charge is 0.0995 e.